The first-order valence-corrected chi connectivity index (χ1v) is 8.27. The molecule has 0 aliphatic carbocycles. The van der Waals surface area contributed by atoms with Crippen molar-refractivity contribution >= 4 is 5.97 Å². The fourth-order valence-electron chi connectivity index (χ4n) is 3.96. The molecule has 1 N–H and O–H groups in total. The third-order valence-corrected chi connectivity index (χ3v) is 5.00. The topological polar surface area (TPSA) is 46.5 Å². The third kappa shape index (κ3) is 2.93. The van der Waals surface area contributed by atoms with Crippen LogP contribution in [0.25, 0.3) is 0 Å². The van der Waals surface area contributed by atoms with Gasteiger partial charge in [0.15, 0.2) is 0 Å². The summed E-state index contributed by atoms with van der Waals surface area (Å²) in [6.45, 7) is 4.22. The molecular weight excluding hydrogens is 323 g/mol. The Labute approximate surface area is 138 Å². The van der Waals surface area contributed by atoms with E-state index in [1.165, 1.54) is 4.57 Å². The largest absolute Gasteiger partial charge is 0.465 e. The van der Waals surface area contributed by atoms with Crippen LogP contribution in [0.2, 0.25) is 0 Å². The van der Waals surface area contributed by atoms with Crippen molar-refractivity contribution in [1.82, 2.24) is 14.8 Å². The maximum absolute atomic E-state index is 13.3. The van der Waals surface area contributed by atoms with Gasteiger partial charge in [-0.2, -0.15) is 13.2 Å². The molecule has 2 aliphatic heterocycles. The molecule has 0 amide bonds. The summed E-state index contributed by atoms with van der Waals surface area (Å²) in [7, 11) is 0. The Kier molecular flexibility index (Phi) is 4.61. The van der Waals surface area contributed by atoms with Crippen LogP contribution >= 0.6 is 0 Å². The predicted octanol–water partition coefficient (Wildman–Crippen LogP) is 1.96. The maximum Gasteiger partial charge on any atom is 0.431 e. The first kappa shape index (κ1) is 17.3. The van der Waals surface area contributed by atoms with Gasteiger partial charge in [0.2, 0.25) is 0 Å². The molecule has 0 radical (unpaired) electrons. The summed E-state index contributed by atoms with van der Waals surface area (Å²) in [5, 5.41) is 3.25. The molecule has 1 spiro atoms. The zero-order valence-electron chi connectivity index (χ0n) is 13.7. The Morgan fingerprint density at radius 1 is 1.29 bits per heavy atom. The van der Waals surface area contributed by atoms with Crippen LogP contribution in [0.5, 0.6) is 0 Å². The second kappa shape index (κ2) is 6.40. The summed E-state index contributed by atoms with van der Waals surface area (Å²) in [6, 6.07) is 2.73. The van der Waals surface area contributed by atoms with Crippen molar-refractivity contribution < 1.29 is 22.7 Å². The number of hydrogen-bond acceptors (Lipinski definition) is 4. The Morgan fingerprint density at radius 2 is 2.00 bits per heavy atom. The van der Waals surface area contributed by atoms with Gasteiger partial charge in [0, 0.05) is 18.8 Å². The van der Waals surface area contributed by atoms with E-state index in [4.69, 9.17) is 4.74 Å². The van der Waals surface area contributed by atoms with Crippen LogP contribution in [0.1, 0.15) is 31.2 Å². The molecule has 2 aliphatic rings. The highest BCUT2D eigenvalue weighted by Crippen LogP contribution is 2.43. The number of rotatable bonds is 3. The fourth-order valence-corrected chi connectivity index (χ4v) is 3.96. The highest BCUT2D eigenvalue weighted by Gasteiger charge is 2.47. The van der Waals surface area contributed by atoms with Gasteiger partial charge < -0.3 is 14.6 Å². The van der Waals surface area contributed by atoms with E-state index in [1.54, 1.807) is 13.0 Å². The van der Waals surface area contributed by atoms with Gasteiger partial charge in [-0.15, -0.1) is 0 Å². The van der Waals surface area contributed by atoms with E-state index in [2.05, 4.69) is 5.32 Å². The molecule has 1 aromatic rings. The second-order valence-electron chi connectivity index (χ2n) is 6.26. The van der Waals surface area contributed by atoms with E-state index >= 15 is 0 Å². The van der Waals surface area contributed by atoms with E-state index < -0.39 is 17.4 Å². The molecule has 3 heterocycles. The Bertz CT molecular complexity index is 606. The Morgan fingerprint density at radius 3 is 2.62 bits per heavy atom. The first-order valence-electron chi connectivity index (χ1n) is 8.27. The molecule has 8 heteroatoms. The van der Waals surface area contributed by atoms with Gasteiger partial charge >= 0.3 is 12.1 Å². The number of halogens is 3. The molecule has 0 atom stereocenters. The number of ether oxygens (including phenoxy) is 1. The Balaban J connectivity index is 1.97. The number of nitrogens with one attached hydrogen (secondary N) is 1. The van der Waals surface area contributed by atoms with Crippen LogP contribution in [0.4, 0.5) is 13.2 Å². The van der Waals surface area contributed by atoms with Crippen molar-refractivity contribution in [2.45, 2.75) is 38.0 Å². The number of carbonyl (C=O) groups is 1. The van der Waals surface area contributed by atoms with Gasteiger partial charge in [0.25, 0.3) is 0 Å². The van der Waals surface area contributed by atoms with Crippen molar-refractivity contribution in [3.8, 4) is 0 Å². The lowest BCUT2D eigenvalue weighted by Gasteiger charge is -2.50. The maximum atomic E-state index is 13.3. The lowest BCUT2D eigenvalue weighted by molar-refractivity contribution is -0.150. The minimum Gasteiger partial charge on any atom is -0.465 e. The normalized spacial score (nSPS) is 20.8. The molecule has 0 aromatic carbocycles. The molecule has 134 valence electrons. The number of piperidine rings is 1. The van der Waals surface area contributed by atoms with E-state index in [-0.39, 0.29) is 19.1 Å². The number of carbonyl (C=O) groups excluding carboxylic acids is 1. The van der Waals surface area contributed by atoms with Gasteiger partial charge in [-0.1, -0.05) is 0 Å². The van der Waals surface area contributed by atoms with E-state index in [0.717, 1.165) is 6.07 Å². The van der Waals surface area contributed by atoms with Crippen molar-refractivity contribution in [2.24, 2.45) is 0 Å². The molecule has 1 fully saturated rings. The number of nitrogens with zero attached hydrogens (tertiary/aromatic N) is 2. The van der Waals surface area contributed by atoms with Gasteiger partial charge in [-0.3, -0.25) is 9.69 Å². The standard InChI is InChI=1S/C16H22F3N3O2/c1-2-24-14(23)11-21-9-10-22-12(3-4-13(22)16(17,18)19)15(21)5-7-20-8-6-15/h3-4,20H,2,5-11H2,1H3. The lowest BCUT2D eigenvalue weighted by Crippen LogP contribution is -2.58. The molecule has 0 bridgehead atoms. The molecule has 3 rings (SSSR count). The first-order chi connectivity index (χ1) is 11.4. The van der Waals surface area contributed by atoms with E-state index in [0.29, 0.717) is 44.8 Å². The van der Waals surface area contributed by atoms with Gasteiger partial charge in [-0.25, -0.2) is 0 Å². The molecule has 5 nitrogen and oxygen atoms in total. The van der Waals surface area contributed by atoms with Crippen LogP contribution in [0.15, 0.2) is 12.1 Å². The highest BCUT2D eigenvalue weighted by atomic mass is 19.4. The highest BCUT2D eigenvalue weighted by molar-refractivity contribution is 5.71. The van der Waals surface area contributed by atoms with E-state index in [1.807, 2.05) is 4.90 Å². The molecule has 1 aromatic heterocycles. The average Bonchev–Trinajstić information content (AvgIpc) is 2.97. The number of aromatic nitrogens is 1. The zero-order valence-corrected chi connectivity index (χ0v) is 13.7. The summed E-state index contributed by atoms with van der Waals surface area (Å²) in [5.74, 6) is -0.327. The SMILES string of the molecule is CCOC(=O)CN1CCn2c(C(F)(F)F)ccc2C12CCNCC2. The molecule has 1 saturated heterocycles. The summed E-state index contributed by atoms with van der Waals surface area (Å²) in [5.41, 5.74) is -0.488. The van der Waals surface area contributed by atoms with Crippen molar-refractivity contribution in [3.63, 3.8) is 0 Å². The van der Waals surface area contributed by atoms with Crippen LogP contribution < -0.4 is 5.32 Å². The van der Waals surface area contributed by atoms with Gasteiger partial charge in [0.1, 0.15) is 5.69 Å². The number of fused-ring (bicyclic) bond motifs is 2. The van der Waals surface area contributed by atoms with Crippen LogP contribution in [0.3, 0.4) is 0 Å². The predicted molar refractivity (Wildman–Crippen MR) is 81.4 cm³/mol. The summed E-state index contributed by atoms with van der Waals surface area (Å²) in [4.78, 5) is 13.9. The smallest absolute Gasteiger partial charge is 0.431 e. The second-order valence-corrected chi connectivity index (χ2v) is 6.26. The molecular formula is C16H22F3N3O2. The van der Waals surface area contributed by atoms with Crippen LogP contribution in [0, 0.1) is 0 Å². The molecule has 24 heavy (non-hydrogen) atoms. The lowest BCUT2D eigenvalue weighted by atomic mass is 9.81. The fraction of sp³-hybridized carbons (Fsp3) is 0.688. The number of hydrogen-bond donors (Lipinski definition) is 1. The van der Waals surface area contributed by atoms with E-state index in [9.17, 15) is 18.0 Å². The number of esters is 1. The summed E-state index contributed by atoms with van der Waals surface area (Å²) < 4.78 is 46.2. The van der Waals surface area contributed by atoms with Crippen molar-refractivity contribution in [1.29, 1.82) is 0 Å². The van der Waals surface area contributed by atoms with Crippen LogP contribution in [-0.4, -0.2) is 48.2 Å². The van der Waals surface area contributed by atoms with Crippen molar-refractivity contribution in [3.05, 3.63) is 23.5 Å². The number of alkyl halides is 3. The molecule has 0 unspecified atom stereocenters. The molecule has 0 saturated carbocycles. The third-order valence-electron chi connectivity index (χ3n) is 5.00. The van der Waals surface area contributed by atoms with Crippen LogP contribution in [-0.2, 0) is 27.8 Å². The average molecular weight is 345 g/mol. The van der Waals surface area contributed by atoms with Gasteiger partial charge in [-0.05, 0) is 45.0 Å². The van der Waals surface area contributed by atoms with Gasteiger partial charge in [0.05, 0.1) is 18.7 Å². The summed E-state index contributed by atoms with van der Waals surface area (Å²) in [6.07, 6.45) is -3.02. The monoisotopic (exact) mass is 345 g/mol. The minimum atomic E-state index is -4.37. The Hall–Kier alpha value is -1.54. The zero-order chi connectivity index (χ0) is 17.4. The summed E-state index contributed by atoms with van der Waals surface area (Å²) >= 11 is 0. The van der Waals surface area contributed by atoms with Crippen molar-refractivity contribution in [2.75, 3.05) is 32.8 Å². The minimum absolute atomic E-state index is 0.111. The quantitative estimate of drug-likeness (QED) is 0.851.